The molecule has 1 aliphatic heterocycles. The molecule has 2 atom stereocenters. The van der Waals surface area contributed by atoms with Gasteiger partial charge in [0.2, 0.25) is 0 Å². The quantitative estimate of drug-likeness (QED) is 0.597. The first-order chi connectivity index (χ1) is 12.4. The molecule has 1 fully saturated rings. The molecule has 0 aromatic heterocycles. The number of ether oxygens (including phenoxy) is 3. The van der Waals surface area contributed by atoms with E-state index in [0.29, 0.717) is 12.0 Å². The van der Waals surface area contributed by atoms with Crippen molar-refractivity contribution in [2.45, 2.75) is 37.6 Å². The van der Waals surface area contributed by atoms with E-state index >= 15 is 0 Å². The molecule has 0 bridgehead atoms. The highest BCUT2D eigenvalue weighted by Crippen LogP contribution is 2.49. The van der Waals surface area contributed by atoms with Gasteiger partial charge in [-0.2, -0.15) is 0 Å². The number of likely N-dealkylation sites (tertiary alicyclic amines) is 1. The number of methoxy groups -OCH3 is 2. The van der Waals surface area contributed by atoms with E-state index in [4.69, 9.17) is 14.2 Å². The van der Waals surface area contributed by atoms with E-state index in [-0.39, 0.29) is 17.4 Å². The highest BCUT2D eigenvalue weighted by Gasteiger charge is 2.49. The smallest absolute Gasteiger partial charge is 0.338 e. The van der Waals surface area contributed by atoms with E-state index in [1.165, 1.54) is 5.56 Å². The van der Waals surface area contributed by atoms with Crippen LogP contribution in [0.25, 0.3) is 0 Å². The number of hydrogen-bond donors (Lipinski definition) is 0. The molecule has 0 amide bonds. The summed E-state index contributed by atoms with van der Waals surface area (Å²) in [5.41, 5.74) is 1.65. The first-order valence-corrected chi connectivity index (χ1v) is 8.90. The van der Waals surface area contributed by atoms with Crippen LogP contribution in [-0.4, -0.2) is 44.7 Å². The molecule has 0 unspecified atom stereocenters. The van der Waals surface area contributed by atoms with E-state index in [0.717, 1.165) is 36.6 Å². The fraction of sp³-hybridized carbons (Fsp3) is 0.476. The summed E-state index contributed by atoms with van der Waals surface area (Å²) in [6, 6.07) is 6.47. The van der Waals surface area contributed by atoms with Gasteiger partial charge in [0.1, 0.15) is 5.76 Å². The minimum absolute atomic E-state index is 0.00652. The lowest BCUT2D eigenvalue weighted by Crippen LogP contribution is -2.43. The number of carbonyl (C=O) groups is 1. The zero-order chi connectivity index (χ0) is 18.9. The number of carbonyl (C=O) groups excluding carboxylic acids is 1. The molecule has 26 heavy (non-hydrogen) atoms. The molecule has 140 valence electrons. The summed E-state index contributed by atoms with van der Waals surface area (Å²) < 4.78 is 16.4. The maximum atomic E-state index is 11.9. The van der Waals surface area contributed by atoms with E-state index in [1.807, 2.05) is 6.07 Å². The summed E-state index contributed by atoms with van der Waals surface area (Å²) in [5, 5.41) is 0. The molecule has 5 nitrogen and oxygen atoms in total. The van der Waals surface area contributed by atoms with Crippen LogP contribution < -0.4 is 9.47 Å². The number of hydrogen-bond acceptors (Lipinski definition) is 5. The van der Waals surface area contributed by atoms with Gasteiger partial charge in [-0.1, -0.05) is 12.6 Å². The van der Waals surface area contributed by atoms with Crippen LogP contribution in [0.5, 0.6) is 11.5 Å². The molecule has 1 aliphatic carbocycles. The Morgan fingerprint density at radius 1 is 1.27 bits per heavy atom. The molecule has 0 spiro atoms. The summed E-state index contributed by atoms with van der Waals surface area (Å²) in [5.74, 6) is 1.87. The molecule has 3 rings (SSSR count). The second-order valence-corrected chi connectivity index (χ2v) is 7.22. The van der Waals surface area contributed by atoms with Crippen LogP contribution in [0.1, 0.15) is 31.7 Å². The average Bonchev–Trinajstić information content (AvgIpc) is 2.98. The van der Waals surface area contributed by atoms with Crippen LogP contribution in [0, 0.1) is 0 Å². The van der Waals surface area contributed by atoms with Crippen LogP contribution in [0.15, 0.2) is 42.2 Å². The number of rotatable bonds is 5. The Morgan fingerprint density at radius 3 is 2.65 bits per heavy atom. The summed E-state index contributed by atoms with van der Waals surface area (Å²) in [7, 11) is 5.44. The molecule has 1 aromatic rings. The van der Waals surface area contributed by atoms with Gasteiger partial charge in [0, 0.05) is 23.5 Å². The number of allylic oxidation sites excluding steroid dienone is 1. The van der Waals surface area contributed by atoms with E-state index < -0.39 is 0 Å². The average molecular weight is 357 g/mol. The van der Waals surface area contributed by atoms with Gasteiger partial charge in [-0.15, -0.1) is 0 Å². The zero-order valence-electron chi connectivity index (χ0n) is 16.0. The Bertz CT molecular complexity index is 754. The van der Waals surface area contributed by atoms with Crippen molar-refractivity contribution in [1.29, 1.82) is 0 Å². The number of fused-ring (bicyclic) bond motifs is 1. The monoisotopic (exact) mass is 357 g/mol. The van der Waals surface area contributed by atoms with Crippen molar-refractivity contribution in [2.75, 3.05) is 27.8 Å². The Hall–Kier alpha value is -2.27. The van der Waals surface area contributed by atoms with Gasteiger partial charge in [0.05, 0.1) is 14.2 Å². The predicted molar refractivity (Wildman–Crippen MR) is 100 cm³/mol. The maximum Gasteiger partial charge on any atom is 0.338 e. The summed E-state index contributed by atoms with van der Waals surface area (Å²) >= 11 is 0. The second kappa shape index (κ2) is 7.16. The number of nitrogens with zero attached hydrogens (tertiary/aromatic N) is 1. The highest BCUT2D eigenvalue weighted by atomic mass is 16.5. The molecule has 1 heterocycles. The molecular formula is C21H27NO4. The highest BCUT2D eigenvalue weighted by molar-refractivity contribution is 5.87. The lowest BCUT2D eigenvalue weighted by Gasteiger charge is -2.40. The summed E-state index contributed by atoms with van der Waals surface area (Å²) in [4.78, 5) is 14.2. The minimum Gasteiger partial charge on any atom is -0.493 e. The van der Waals surface area contributed by atoms with E-state index in [2.05, 4.69) is 36.7 Å². The molecular weight excluding hydrogens is 330 g/mol. The van der Waals surface area contributed by atoms with Gasteiger partial charge < -0.3 is 19.1 Å². The number of likely N-dealkylation sites (N-methyl/N-ethyl adjacent to an activating group) is 1. The van der Waals surface area contributed by atoms with Crippen molar-refractivity contribution in [3.05, 3.63) is 47.7 Å². The Balaban J connectivity index is 1.94. The van der Waals surface area contributed by atoms with Gasteiger partial charge in [-0.05, 0) is 57.1 Å². The molecule has 1 saturated heterocycles. The van der Waals surface area contributed by atoms with Gasteiger partial charge in [0.25, 0.3) is 0 Å². The van der Waals surface area contributed by atoms with Crippen molar-refractivity contribution in [3.8, 4) is 11.5 Å². The molecule has 0 saturated carbocycles. The normalized spacial score (nSPS) is 25.2. The molecule has 0 N–H and O–H groups in total. The fourth-order valence-corrected chi connectivity index (χ4v) is 4.17. The van der Waals surface area contributed by atoms with E-state index in [9.17, 15) is 4.79 Å². The van der Waals surface area contributed by atoms with Crippen LogP contribution in [0.3, 0.4) is 0 Å². The lowest BCUT2D eigenvalue weighted by molar-refractivity contribution is -0.135. The van der Waals surface area contributed by atoms with Crippen molar-refractivity contribution in [3.63, 3.8) is 0 Å². The van der Waals surface area contributed by atoms with Crippen molar-refractivity contribution < 1.29 is 19.0 Å². The Morgan fingerprint density at radius 2 is 2.00 bits per heavy atom. The molecule has 5 heteroatoms. The van der Waals surface area contributed by atoms with Gasteiger partial charge in [-0.3, -0.25) is 0 Å². The second-order valence-electron chi connectivity index (χ2n) is 7.22. The SMILES string of the molecule is C=C(C)C(=O)OC1=CC[C@@]2(c3ccc(OC)c(OC)c3)CCN(C)[C@H]2C1. The van der Waals surface area contributed by atoms with E-state index in [1.54, 1.807) is 21.1 Å². The van der Waals surface area contributed by atoms with Gasteiger partial charge >= 0.3 is 5.97 Å². The third-order valence-corrected chi connectivity index (χ3v) is 5.70. The topological polar surface area (TPSA) is 48.0 Å². The maximum absolute atomic E-state index is 11.9. The molecule has 0 radical (unpaired) electrons. The lowest BCUT2D eigenvalue weighted by atomic mass is 9.68. The standard InChI is InChI=1S/C21H27NO4/c1-14(2)20(23)26-16-8-9-21(10-11-22(3)19(21)13-16)15-6-7-17(24-4)18(12-15)25-5/h6-8,12,19H,1,9-11,13H2,2-5H3/t19-,21-/m0/s1. The largest absolute Gasteiger partial charge is 0.493 e. The summed E-state index contributed by atoms with van der Waals surface area (Å²) in [6.45, 7) is 6.34. The van der Waals surface area contributed by atoms with Crippen LogP contribution in [-0.2, 0) is 14.9 Å². The minimum atomic E-state index is -0.351. The third-order valence-electron chi connectivity index (χ3n) is 5.70. The van der Waals surface area contributed by atoms with Gasteiger partial charge in [0.15, 0.2) is 11.5 Å². The zero-order valence-corrected chi connectivity index (χ0v) is 16.0. The van der Waals surface area contributed by atoms with Crippen LogP contribution in [0.4, 0.5) is 0 Å². The van der Waals surface area contributed by atoms with Gasteiger partial charge in [-0.25, -0.2) is 4.79 Å². The summed E-state index contributed by atoms with van der Waals surface area (Å²) in [6.07, 6.45) is 4.66. The Labute approximate surface area is 155 Å². The number of esters is 1. The van der Waals surface area contributed by atoms with Crippen molar-refractivity contribution >= 4 is 5.97 Å². The number of benzene rings is 1. The van der Waals surface area contributed by atoms with Crippen LogP contribution in [0.2, 0.25) is 0 Å². The van der Waals surface area contributed by atoms with Crippen molar-refractivity contribution in [1.82, 2.24) is 4.90 Å². The first-order valence-electron chi connectivity index (χ1n) is 8.90. The van der Waals surface area contributed by atoms with Crippen LogP contribution >= 0.6 is 0 Å². The molecule has 2 aliphatic rings. The van der Waals surface area contributed by atoms with Crippen molar-refractivity contribution in [2.24, 2.45) is 0 Å². The Kier molecular flexibility index (Phi) is 5.10. The third kappa shape index (κ3) is 3.12. The first kappa shape index (κ1) is 18.5. The fourth-order valence-electron chi connectivity index (χ4n) is 4.17. The predicted octanol–water partition coefficient (Wildman–Crippen LogP) is 3.44. The molecule has 1 aromatic carbocycles.